The van der Waals surface area contributed by atoms with Gasteiger partial charge < -0.3 is 10.2 Å². The minimum Gasteiger partial charge on any atom is -0.354 e. The molecule has 0 aliphatic heterocycles. The summed E-state index contributed by atoms with van der Waals surface area (Å²) in [7, 11) is -4.23. The number of amides is 2. The monoisotopic (exact) mass is 567 g/mol. The molecule has 0 radical (unpaired) electrons. The van der Waals surface area contributed by atoms with Crippen LogP contribution in [0.5, 0.6) is 0 Å². The molecule has 214 valence electrons. The second kappa shape index (κ2) is 14.1. The maximum atomic E-state index is 14.0. The summed E-state index contributed by atoms with van der Waals surface area (Å²) in [6.45, 7) is 7.85. The number of hydrogen-bond donors (Lipinski definition) is 1. The second-order valence-electron chi connectivity index (χ2n) is 10.2. The topological polar surface area (TPSA) is 86.8 Å². The summed E-state index contributed by atoms with van der Waals surface area (Å²) in [5.74, 6) is -1.12. The van der Waals surface area contributed by atoms with Gasteiger partial charge in [0.1, 0.15) is 18.4 Å². The first-order valence-corrected chi connectivity index (χ1v) is 14.9. The summed E-state index contributed by atoms with van der Waals surface area (Å²) in [4.78, 5) is 28.5. The van der Waals surface area contributed by atoms with Crippen molar-refractivity contribution >= 4 is 27.5 Å². The third-order valence-corrected chi connectivity index (χ3v) is 8.35. The third-order valence-electron chi connectivity index (χ3n) is 6.56. The number of sulfonamides is 1. The predicted octanol–water partition coefficient (Wildman–Crippen LogP) is 4.95. The van der Waals surface area contributed by atoms with Gasteiger partial charge in [0.15, 0.2) is 0 Å². The van der Waals surface area contributed by atoms with Gasteiger partial charge in [-0.25, -0.2) is 12.8 Å². The van der Waals surface area contributed by atoms with Crippen molar-refractivity contribution in [1.82, 2.24) is 10.2 Å². The lowest BCUT2D eigenvalue weighted by Gasteiger charge is -2.33. The van der Waals surface area contributed by atoms with Crippen LogP contribution in [0.15, 0.2) is 83.8 Å². The predicted molar refractivity (Wildman–Crippen MR) is 156 cm³/mol. The largest absolute Gasteiger partial charge is 0.354 e. The Morgan fingerprint density at radius 3 is 2.12 bits per heavy atom. The number of hydrogen-bond acceptors (Lipinski definition) is 4. The van der Waals surface area contributed by atoms with Crippen LogP contribution >= 0.6 is 0 Å². The zero-order valence-corrected chi connectivity index (χ0v) is 24.3. The Bertz CT molecular complexity index is 1360. The van der Waals surface area contributed by atoms with Gasteiger partial charge in [-0.2, -0.15) is 0 Å². The molecule has 40 heavy (non-hydrogen) atoms. The van der Waals surface area contributed by atoms with Crippen molar-refractivity contribution < 1.29 is 22.4 Å². The van der Waals surface area contributed by atoms with Gasteiger partial charge in [-0.3, -0.25) is 13.9 Å². The number of nitrogens with zero attached hydrogens (tertiary/aromatic N) is 2. The number of rotatable bonds is 13. The number of carbonyl (C=O) groups excluding carboxylic acids is 2. The molecule has 1 N–H and O–H groups in total. The number of aryl methyl sites for hydroxylation is 1. The molecule has 0 spiro atoms. The lowest BCUT2D eigenvalue weighted by atomic mass is 10.1. The maximum absolute atomic E-state index is 14.0. The van der Waals surface area contributed by atoms with Gasteiger partial charge in [0.05, 0.1) is 10.6 Å². The van der Waals surface area contributed by atoms with E-state index < -0.39 is 34.3 Å². The minimum atomic E-state index is -4.23. The second-order valence-corrected chi connectivity index (χ2v) is 12.0. The molecule has 9 heteroatoms. The van der Waals surface area contributed by atoms with Crippen LogP contribution in [0.3, 0.4) is 0 Å². The molecule has 0 saturated heterocycles. The van der Waals surface area contributed by atoms with Crippen LogP contribution in [0.1, 0.15) is 38.3 Å². The quantitative estimate of drug-likeness (QED) is 0.317. The summed E-state index contributed by atoms with van der Waals surface area (Å²) < 4.78 is 42.2. The van der Waals surface area contributed by atoms with E-state index in [9.17, 15) is 22.4 Å². The first kappa shape index (κ1) is 30.8. The van der Waals surface area contributed by atoms with E-state index in [1.807, 2.05) is 58.0 Å². The summed E-state index contributed by atoms with van der Waals surface area (Å²) in [5.41, 5.74) is 2.21. The SMILES string of the molecule is CCC(C(=O)NCC(C)C)N(CCc1ccccc1)C(=O)CN(c1ccc(C)cc1)S(=O)(=O)c1ccc(F)cc1. The van der Waals surface area contributed by atoms with E-state index in [4.69, 9.17) is 0 Å². The van der Waals surface area contributed by atoms with Crippen LogP contribution in [0.4, 0.5) is 10.1 Å². The Kier molecular flexibility index (Phi) is 10.8. The van der Waals surface area contributed by atoms with Crippen molar-refractivity contribution in [2.45, 2.75) is 51.5 Å². The smallest absolute Gasteiger partial charge is 0.264 e. The Morgan fingerprint density at radius 1 is 0.925 bits per heavy atom. The van der Waals surface area contributed by atoms with Crippen molar-refractivity contribution in [2.24, 2.45) is 5.92 Å². The Labute approximate surface area is 237 Å². The number of halogens is 1. The van der Waals surface area contributed by atoms with Gasteiger partial charge >= 0.3 is 0 Å². The van der Waals surface area contributed by atoms with Crippen molar-refractivity contribution in [3.63, 3.8) is 0 Å². The molecule has 1 atom stereocenters. The molecule has 3 aromatic carbocycles. The molecule has 2 amide bonds. The molecule has 0 fully saturated rings. The standard InChI is InChI=1S/C31H38FN3O4S/c1-5-29(31(37)33-21-23(2)3)34(20-19-25-9-7-6-8-10-25)30(36)22-35(27-15-11-24(4)12-16-27)40(38,39)28-17-13-26(32)14-18-28/h6-18,23,29H,5,19-22H2,1-4H3,(H,33,37). The Balaban J connectivity index is 1.99. The molecular weight excluding hydrogens is 529 g/mol. The average molecular weight is 568 g/mol. The van der Waals surface area contributed by atoms with E-state index in [0.717, 1.165) is 27.6 Å². The van der Waals surface area contributed by atoms with Crippen LogP contribution in [0.25, 0.3) is 0 Å². The van der Waals surface area contributed by atoms with E-state index in [1.54, 1.807) is 24.3 Å². The summed E-state index contributed by atoms with van der Waals surface area (Å²) in [6, 6.07) is 20.1. The number of carbonyl (C=O) groups is 2. The fourth-order valence-electron chi connectivity index (χ4n) is 4.29. The van der Waals surface area contributed by atoms with Crippen LogP contribution in [0.2, 0.25) is 0 Å². The highest BCUT2D eigenvalue weighted by Crippen LogP contribution is 2.25. The molecule has 0 bridgehead atoms. The molecule has 0 heterocycles. The van der Waals surface area contributed by atoms with Crippen molar-refractivity contribution in [2.75, 3.05) is 23.9 Å². The van der Waals surface area contributed by atoms with E-state index in [0.29, 0.717) is 25.1 Å². The van der Waals surface area contributed by atoms with Crippen LogP contribution in [-0.4, -0.2) is 50.8 Å². The van der Waals surface area contributed by atoms with Crippen LogP contribution in [-0.2, 0) is 26.0 Å². The third kappa shape index (κ3) is 8.14. The molecule has 3 aromatic rings. The zero-order valence-electron chi connectivity index (χ0n) is 23.5. The molecular formula is C31H38FN3O4S. The number of nitrogens with one attached hydrogen (secondary N) is 1. The highest BCUT2D eigenvalue weighted by molar-refractivity contribution is 7.92. The van der Waals surface area contributed by atoms with Gasteiger partial charge in [0, 0.05) is 13.1 Å². The van der Waals surface area contributed by atoms with E-state index in [2.05, 4.69) is 5.32 Å². The fraction of sp³-hybridized carbons (Fsp3) is 0.355. The summed E-state index contributed by atoms with van der Waals surface area (Å²) >= 11 is 0. The van der Waals surface area contributed by atoms with Gasteiger partial charge in [-0.1, -0.05) is 68.8 Å². The molecule has 0 aromatic heterocycles. The van der Waals surface area contributed by atoms with Crippen LogP contribution in [0, 0.1) is 18.7 Å². The van der Waals surface area contributed by atoms with E-state index in [1.165, 1.54) is 17.0 Å². The lowest BCUT2D eigenvalue weighted by molar-refractivity contribution is -0.139. The fourth-order valence-corrected chi connectivity index (χ4v) is 5.71. The molecule has 0 aliphatic rings. The average Bonchev–Trinajstić information content (AvgIpc) is 2.93. The van der Waals surface area contributed by atoms with Gasteiger partial charge in [-0.05, 0) is 67.6 Å². The number of benzene rings is 3. The van der Waals surface area contributed by atoms with Gasteiger partial charge in [0.25, 0.3) is 10.0 Å². The summed E-state index contributed by atoms with van der Waals surface area (Å²) in [5, 5.41) is 2.92. The highest BCUT2D eigenvalue weighted by atomic mass is 32.2. The van der Waals surface area contributed by atoms with Gasteiger partial charge in [0.2, 0.25) is 11.8 Å². The van der Waals surface area contributed by atoms with Crippen LogP contribution < -0.4 is 9.62 Å². The Hall–Kier alpha value is -3.72. The van der Waals surface area contributed by atoms with Crippen molar-refractivity contribution in [1.29, 1.82) is 0 Å². The zero-order chi connectivity index (χ0) is 29.3. The van der Waals surface area contributed by atoms with E-state index >= 15 is 0 Å². The lowest BCUT2D eigenvalue weighted by Crippen LogP contribution is -2.53. The maximum Gasteiger partial charge on any atom is 0.264 e. The molecule has 1 unspecified atom stereocenters. The van der Waals surface area contributed by atoms with Gasteiger partial charge in [-0.15, -0.1) is 0 Å². The normalized spacial score (nSPS) is 12.2. The molecule has 3 rings (SSSR count). The molecule has 0 aliphatic carbocycles. The minimum absolute atomic E-state index is 0.139. The molecule has 0 saturated carbocycles. The highest BCUT2D eigenvalue weighted by Gasteiger charge is 2.33. The Morgan fingerprint density at radius 2 is 1.55 bits per heavy atom. The number of anilines is 1. The first-order chi connectivity index (χ1) is 19.0. The van der Waals surface area contributed by atoms with E-state index in [-0.39, 0.29) is 23.3 Å². The first-order valence-electron chi connectivity index (χ1n) is 13.5. The van der Waals surface area contributed by atoms with Crippen molar-refractivity contribution in [3.8, 4) is 0 Å². The van der Waals surface area contributed by atoms with Crippen molar-refractivity contribution in [3.05, 3.63) is 95.8 Å². The molecule has 7 nitrogen and oxygen atoms in total. The summed E-state index contributed by atoms with van der Waals surface area (Å²) in [6.07, 6.45) is 0.857.